The van der Waals surface area contributed by atoms with Crippen LogP contribution in [0.2, 0.25) is 0 Å². The predicted octanol–water partition coefficient (Wildman–Crippen LogP) is 3.38. The maximum Gasteiger partial charge on any atom is 0.348 e. The summed E-state index contributed by atoms with van der Waals surface area (Å²) in [6.07, 6.45) is 3.22. The first kappa shape index (κ1) is 26.0. The molecule has 2 aliphatic rings. The SMILES string of the molecule is CCOc1ccc(S(=O)(=O)N(CC(=O)N2CC(C(=O)OC)Oc3ccccc32)C2CCCCC2)cc1. The Morgan fingerprint density at radius 3 is 2.42 bits per heavy atom. The van der Waals surface area contributed by atoms with Gasteiger partial charge in [-0.25, -0.2) is 13.2 Å². The van der Waals surface area contributed by atoms with Crippen LogP contribution in [-0.2, 0) is 24.3 Å². The molecule has 0 N–H and O–H groups in total. The van der Waals surface area contributed by atoms with Crippen molar-refractivity contribution in [2.24, 2.45) is 0 Å². The first-order valence-electron chi connectivity index (χ1n) is 12.2. The van der Waals surface area contributed by atoms with E-state index in [2.05, 4.69) is 0 Å². The number of carbonyl (C=O) groups excluding carboxylic acids is 2. The molecule has 0 spiro atoms. The average Bonchev–Trinajstić information content (AvgIpc) is 2.91. The Morgan fingerprint density at radius 2 is 1.75 bits per heavy atom. The Balaban J connectivity index is 1.64. The van der Waals surface area contributed by atoms with Crippen LogP contribution in [0.5, 0.6) is 11.5 Å². The van der Waals surface area contributed by atoms with Gasteiger partial charge in [-0.1, -0.05) is 31.4 Å². The lowest BCUT2D eigenvalue weighted by atomic mass is 9.95. The lowest BCUT2D eigenvalue weighted by Crippen LogP contribution is -2.52. The third kappa shape index (κ3) is 5.49. The van der Waals surface area contributed by atoms with Crippen molar-refractivity contribution in [2.45, 2.75) is 56.1 Å². The number of para-hydroxylation sites is 2. The van der Waals surface area contributed by atoms with Gasteiger partial charge in [0.15, 0.2) is 0 Å². The normalized spacial score (nSPS) is 18.3. The van der Waals surface area contributed by atoms with E-state index in [4.69, 9.17) is 14.2 Å². The maximum absolute atomic E-state index is 13.8. The molecule has 0 saturated heterocycles. The summed E-state index contributed by atoms with van der Waals surface area (Å²) in [4.78, 5) is 27.4. The van der Waals surface area contributed by atoms with Gasteiger partial charge in [0.1, 0.15) is 11.5 Å². The minimum atomic E-state index is -3.97. The lowest BCUT2D eigenvalue weighted by molar-refractivity contribution is -0.148. The number of nitrogens with zero attached hydrogens (tertiary/aromatic N) is 2. The van der Waals surface area contributed by atoms with Gasteiger partial charge in [-0.2, -0.15) is 4.31 Å². The number of carbonyl (C=O) groups is 2. The zero-order valence-electron chi connectivity index (χ0n) is 20.6. The Hall–Kier alpha value is -3.11. The van der Waals surface area contributed by atoms with Crippen LogP contribution >= 0.6 is 0 Å². The summed E-state index contributed by atoms with van der Waals surface area (Å²) in [5, 5.41) is 0. The van der Waals surface area contributed by atoms with Crippen LogP contribution < -0.4 is 14.4 Å². The van der Waals surface area contributed by atoms with Crippen molar-refractivity contribution in [3.8, 4) is 11.5 Å². The fraction of sp³-hybridized carbons (Fsp3) is 0.462. The van der Waals surface area contributed by atoms with Crippen LogP contribution in [0.1, 0.15) is 39.0 Å². The van der Waals surface area contributed by atoms with Crippen LogP contribution in [0.25, 0.3) is 0 Å². The molecule has 4 rings (SSSR count). The van der Waals surface area contributed by atoms with Crippen LogP contribution in [-0.4, -0.2) is 63.6 Å². The van der Waals surface area contributed by atoms with Gasteiger partial charge in [0, 0.05) is 6.04 Å². The molecule has 36 heavy (non-hydrogen) atoms. The highest BCUT2D eigenvalue weighted by molar-refractivity contribution is 7.89. The van der Waals surface area contributed by atoms with Gasteiger partial charge >= 0.3 is 5.97 Å². The monoisotopic (exact) mass is 516 g/mol. The van der Waals surface area contributed by atoms with Gasteiger partial charge in [0.25, 0.3) is 0 Å². The van der Waals surface area contributed by atoms with Gasteiger partial charge in [0.05, 0.1) is 37.4 Å². The molecule has 0 aromatic heterocycles. The Bertz CT molecular complexity index is 1180. The van der Waals surface area contributed by atoms with Gasteiger partial charge in [-0.15, -0.1) is 0 Å². The van der Waals surface area contributed by atoms with Crippen molar-refractivity contribution < 1.29 is 32.2 Å². The molecule has 194 valence electrons. The summed E-state index contributed by atoms with van der Waals surface area (Å²) in [5.41, 5.74) is 0.490. The molecule has 1 saturated carbocycles. The van der Waals surface area contributed by atoms with E-state index in [0.717, 1.165) is 19.3 Å². The number of rotatable bonds is 8. The number of sulfonamides is 1. The molecule has 0 radical (unpaired) electrons. The van der Waals surface area contributed by atoms with Crippen molar-refractivity contribution in [1.82, 2.24) is 4.31 Å². The third-order valence-electron chi connectivity index (χ3n) is 6.55. The van der Waals surface area contributed by atoms with Crippen molar-refractivity contribution >= 4 is 27.6 Å². The molecule has 0 bridgehead atoms. The number of benzene rings is 2. The van der Waals surface area contributed by atoms with E-state index in [1.807, 2.05) is 6.92 Å². The summed E-state index contributed by atoms with van der Waals surface area (Å²) in [6.45, 7) is 1.92. The number of esters is 1. The molecule has 1 atom stereocenters. The fourth-order valence-electron chi connectivity index (χ4n) is 4.73. The minimum Gasteiger partial charge on any atom is -0.494 e. The summed E-state index contributed by atoms with van der Waals surface area (Å²) >= 11 is 0. The molecular weight excluding hydrogens is 484 g/mol. The minimum absolute atomic E-state index is 0.0653. The van der Waals surface area contributed by atoms with Gasteiger partial charge in [-0.3, -0.25) is 4.79 Å². The molecule has 2 aromatic rings. The molecular formula is C26H32N2O7S. The number of anilines is 1. The largest absolute Gasteiger partial charge is 0.494 e. The van der Waals surface area contributed by atoms with Gasteiger partial charge < -0.3 is 19.1 Å². The van der Waals surface area contributed by atoms with Crippen LogP contribution in [0, 0.1) is 0 Å². The quantitative estimate of drug-likeness (QED) is 0.496. The van der Waals surface area contributed by atoms with Crippen LogP contribution in [0.3, 0.4) is 0 Å². The second kappa shape index (κ2) is 11.3. The molecule has 1 amide bonds. The van der Waals surface area contributed by atoms with Crippen LogP contribution in [0.15, 0.2) is 53.4 Å². The first-order chi connectivity index (χ1) is 17.3. The number of ether oxygens (including phenoxy) is 3. The van der Waals surface area contributed by atoms with Crippen molar-refractivity contribution in [3.05, 3.63) is 48.5 Å². The van der Waals surface area contributed by atoms with E-state index >= 15 is 0 Å². The van der Waals surface area contributed by atoms with E-state index in [1.165, 1.54) is 28.4 Å². The van der Waals surface area contributed by atoms with Gasteiger partial charge in [-0.05, 0) is 56.2 Å². The topological polar surface area (TPSA) is 102 Å². The summed E-state index contributed by atoms with van der Waals surface area (Å²) in [7, 11) is -2.71. The maximum atomic E-state index is 13.8. The molecule has 1 aliphatic heterocycles. The van der Waals surface area contributed by atoms with E-state index in [1.54, 1.807) is 36.4 Å². The molecule has 2 aromatic carbocycles. The van der Waals surface area contributed by atoms with Crippen molar-refractivity contribution in [2.75, 3.05) is 31.7 Å². The zero-order chi connectivity index (χ0) is 25.7. The molecule has 1 aliphatic carbocycles. The number of hydrogen-bond acceptors (Lipinski definition) is 7. The second-order valence-corrected chi connectivity index (χ2v) is 10.7. The number of fused-ring (bicyclic) bond motifs is 1. The van der Waals surface area contributed by atoms with E-state index in [0.29, 0.717) is 36.6 Å². The van der Waals surface area contributed by atoms with Crippen molar-refractivity contribution in [3.63, 3.8) is 0 Å². The molecule has 1 unspecified atom stereocenters. The Kier molecular flexibility index (Phi) is 8.15. The second-order valence-electron chi connectivity index (χ2n) is 8.85. The fourth-order valence-corrected chi connectivity index (χ4v) is 6.37. The average molecular weight is 517 g/mol. The molecule has 9 nitrogen and oxygen atoms in total. The van der Waals surface area contributed by atoms with E-state index < -0.39 is 28.0 Å². The predicted molar refractivity (Wildman–Crippen MR) is 134 cm³/mol. The Morgan fingerprint density at radius 1 is 1.06 bits per heavy atom. The van der Waals surface area contributed by atoms with Crippen LogP contribution in [0.4, 0.5) is 5.69 Å². The number of amides is 1. The summed E-state index contributed by atoms with van der Waals surface area (Å²) in [6, 6.07) is 12.9. The standard InChI is InChI=1S/C26H32N2O7S/c1-3-34-20-13-15-21(16-14-20)36(31,32)28(19-9-5-4-6-10-19)18-25(29)27-17-24(26(30)33-2)35-23-12-8-7-11-22(23)27/h7-8,11-16,19,24H,3-6,9-10,17-18H2,1-2H3. The molecule has 10 heteroatoms. The summed E-state index contributed by atoms with van der Waals surface area (Å²) < 4.78 is 44.9. The van der Waals surface area contributed by atoms with E-state index in [-0.39, 0.29) is 24.0 Å². The number of methoxy groups -OCH3 is 1. The van der Waals surface area contributed by atoms with E-state index in [9.17, 15) is 18.0 Å². The Labute approximate surface area is 212 Å². The zero-order valence-corrected chi connectivity index (χ0v) is 21.4. The molecule has 1 fully saturated rings. The molecule has 1 heterocycles. The lowest BCUT2D eigenvalue weighted by Gasteiger charge is -2.37. The van der Waals surface area contributed by atoms with Gasteiger partial charge in [0.2, 0.25) is 22.0 Å². The summed E-state index contributed by atoms with van der Waals surface area (Å²) in [5.74, 6) is -0.0882. The highest BCUT2D eigenvalue weighted by Gasteiger charge is 2.39. The first-order valence-corrected chi connectivity index (χ1v) is 13.7. The number of hydrogen-bond donors (Lipinski definition) is 0. The van der Waals surface area contributed by atoms with Crippen molar-refractivity contribution in [1.29, 1.82) is 0 Å². The third-order valence-corrected chi connectivity index (χ3v) is 8.47. The highest BCUT2D eigenvalue weighted by Crippen LogP contribution is 2.35. The smallest absolute Gasteiger partial charge is 0.348 e. The highest BCUT2D eigenvalue weighted by atomic mass is 32.2.